The maximum Gasteiger partial charge on any atom is -0.0195 e. The van der Waals surface area contributed by atoms with Crippen LogP contribution in [-0.2, 0) is 0 Å². The van der Waals surface area contributed by atoms with Crippen LogP contribution in [0, 0.1) is 17.3 Å². The maximum atomic E-state index is 4.50. The molecule has 1 saturated carbocycles. The number of rotatable bonds is 0. The fourth-order valence-electron chi connectivity index (χ4n) is 2.22. The zero-order chi connectivity index (χ0) is 10.5. The van der Waals surface area contributed by atoms with Crippen LogP contribution in [0.1, 0.15) is 53.4 Å². The van der Waals surface area contributed by atoms with Crippen molar-refractivity contribution in [2.24, 2.45) is 23.0 Å². The molecule has 2 unspecified atom stereocenters. The molecule has 0 aromatic rings. The number of hydrogen-bond acceptors (Lipinski definition) is 1. The van der Waals surface area contributed by atoms with Gasteiger partial charge < -0.3 is 5.73 Å². The molecule has 0 aromatic carbocycles. The molecule has 0 radical (unpaired) electrons. The molecule has 1 aliphatic carbocycles. The average Bonchev–Trinajstić information content (AvgIpc) is 2.06. The first kappa shape index (κ1) is 13.0. The molecular weight excluding hydrogens is 158 g/mol. The van der Waals surface area contributed by atoms with Crippen molar-refractivity contribution in [2.45, 2.75) is 53.4 Å². The molecule has 0 amide bonds. The van der Waals surface area contributed by atoms with E-state index in [4.69, 9.17) is 0 Å². The van der Waals surface area contributed by atoms with Gasteiger partial charge >= 0.3 is 0 Å². The van der Waals surface area contributed by atoms with Crippen LogP contribution < -0.4 is 5.73 Å². The maximum absolute atomic E-state index is 4.50. The van der Waals surface area contributed by atoms with Crippen molar-refractivity contribution < 1.29 is 0 Å². The molecular formula is C12H27N. The lowest BCUT2D eigenvalue weighted by molar-refractivity contribution is 0.148. The Morgan fingerprint density at radius 2 is 1.62 bits per heavy atom. The van der Waals surface area contributed by atoms with Crippen molar-refractivity contribution >= 4 is 0 Å². The predicted molar refractivity (Wildman–Crippen MR) is 60.7 cm³/mol. The Morgan fingerprint density at radius 1 is 1.08 bits per heavy atom. The summed E-state index contributed by atoms with van der Waals surface area (Å²) in [5.74, 6) is 1.96. The molecule has 1 fully saturated rings. The van der Waals surface area contributed by atoms with E-state index in [0.29, 0.717) is 5.41 Å². The highest BCUT2D eigenvalue weighted by atomic mass is 14.4. The van der Waals surface area contributed by atoms with Gasteiger partial charge in [0.05, 0.1) is 0 Å². The summed E-state index contributed by atoms with van der Waals surface area (Å²) in [6.07, 6.45) is 5.85. The zero-order valence-corrected chi connectivity index (χ0v) is 10.1. The van der Waals surface area contributed by atoms with Gasteiger partial charge in [-0.3, -0.25) is 0 Å². The van der Waals surface area contributed by atoms with Crippen LogP contribution in [0.5, 0.6) is 0 Å². The van der Waals surface area contributed by atoms with Crippen LogP contribution in [-0.4, -0.2) is 7.05 Å². The molecule has 1 aliphatic rings. The van der Waals surface area contributed by atoms with Gasteiger partial charge in [-0.15, -0.1) is 0 Å². The van der Waals surface area contributed by atoms with Crippen LogP contribution in [0.15, 0.2) is 0 Å². The SMILES string of the molecule is CC1CCCC(C(C)(C)C)C1.CN. The van der Waals surface area contributed by atoms with Gasteiger partial charge in [-0.05, 0) is 37.1 Å². The standard InChI is InChI=1S/C11H22.CH5N/c1-9-6-5-7-10(8-9)11(2,3)4;1-2/h9-10H,5-8H2,1-4H3;2H2,1H3. The van der Waals surface area contributed by atoms with E-state index in [1.54, 1.807) is 0 Å². The second-order valence-electron chi connectivity index (χ2n) is 5.33. The lowest BCUT2D eigenvalue weighted by atomic mass is 9.69. The molecule has 0 bridgehead atoms. The third kappa shape index (κ3) is 4.66. The van der Waals surface area contributed by atoms with Crippen molar-refractivity contribution in [3.05, 3.63) is 0 Å². The molecule has 2 atom stereocenters. The van der Waals surface area contributed by atoms with Crippen molar-refractivity contribution in [3.63, 3.8) is 0 Å². The van der Waals surface area contributed by atoms with E-state index >= 15 is 0 Å². The molecule has 13 heavy (non-hydrogen) atoms. The van der Waals surface area contributed by atoms with Gasteiger partial charge in [0.1, 0.15) is 0 Å². The third-order valence-electron chi connectivity index (χ3n) is 3.16. The van der Waals surface area contributed by atoms with E-state index in [1.807, 2.05) is 0 Å². The zero-order valence-electron chi connectivity index (χ0n) is 10.1. The quantitative estimate of drug-likeness (QED) is 0.615. The van der Waals surface area contributed by atoms with E-state index in [-0.39, 0.29) is 0 Å². The Kier molecular flexibility index (Phi) is 5.62. The highest BCUT2D eigenvalue weighted by molar-refractivity contribution is 4.79. The van der Waals surface area contributed by atoms with Gasteiger partial charge in [0.25, 0.3) is 0 Å². The Labute approximate surface area is 84.1 Å². The fraction of sp³-hybridized carbons (Fsp3) is 1.00. The second kappa shape index (κ2) is 5.64. The van der Waals surface area contributed by atoms with Crippen LogP contribution in [0.3, 0.4) is 0 Å². The summed E-state index contributed by atoms with van der Waals surface area (Å²) in [6, 6.07) is 0. The lowest BCUT2D eigenvalue weighted by Gasteiger charge is -2.36. The van der Waals surface area contributed by atoms with Crippen LogP contribution in [0.2, 0.25) is 0 Å². The molecule has 2 N–H and O–H groups in total. The Hall–Kier alpha value is -0.0400. The Bertz CT molecular complexity index is 124. The molecule has 1 rings (SSSR count). The second-order valence-corrected chi connectivity index (χ2v) is 5.33. The largest absolute Gasteiger partial charge is 0.333 e. The highest BCUT2D eigenvalue weighted by Crippen LogP contribution is 2.39. The van der Waals surface area contributed by atoms with Crippen molar-refractivity contribution in [2.75, 3.05) is 7.05 Å². The topological polar surface area (TPSA) is 26.0 Å². The van der Waals surface area contributed by atoms with E-state index in [2.05, 4.69) is 33.4 Å². The third-order valence-corrected chi connectivity index (χ3v) is 3.16. The first-order valence-electron chi connectivity index (χ1n) is 5.58. The molecule has 1 heteroatoms. The average molecular weight is 185 g/mol. The first-order chi connectivity index (χ1) is 6.00. The minimum atomic E-state index is 0.550. The summed E-state index contributed by atoms with van der Waals surface area (Å²) < 4.78 is 0. The normalized spacial score (nSPS) is 29.1. The minimum Gasteiger partial charge on any atom is -0.333 e. The van der Waals surface area contributed by atoms with E-state index in [9.17, 15) is 0 Å². The van der Waals surface area contributed by atoms with Crippen molar-refractivity contribution in [1.29, 1.82) is 0 Å². The van der Waals surface area contributed by atoms with Gasteiger partial charge in [-0.25, -0.2) is 0 Å². The van der Waals surface area contributed by atoms with Crippen molar-refractivity contribution in [3.8, 4) is 0 Å². The molecule has 0 aliphatic heterocycles. The summed E-state index contributed by atoms with van der Waals surface area (Å²) in [5, 5.41) is 0. The molecule has 0 aromatic heterocycles. The summed E-state index contributed by atoms with van der Waals surface area (Å²) in [4.78, 5) is 0. The lowest BCUT2D eigenvalue weighted by Crippen LogP contribution is -2.25. The summed E-state index contributed by atoms with van der Waals surface area (Å²) >= 11 is 0. The fourth-order valence-corrected chi connectivity index (χ4v) is 2.22. The van der Waals surface area contributed by atoms with Crippen molar-refractivity contribution in [1.82, 2.24) is 0 Å². The van der Waals surface area contributed by atoms with Gasteiger partial charge in [-0.1, -0.05) is 40.5 Å². The molecule has 0 saturated heterocycles. The summed E-state index contributed by atoms with van der Waals surface area (Å²) in [7, 11) is 1.50. The number of hydrogen-bond donors (Lipinski definition) is 1. The minimum absolute atomic E-state index is 0.550. The van der Waals surface area contributed by atoms with E-state index < -0.39 is 0 Å². The molecule has 80 valence electrons. The molecule has 1 nitrogen and oxygen atoms in total. The van der Waals surface area contributed by atoms with Gasteiger partial charge in [-0.2, -0.15) is 0 Å². The Morgan fingerprint density at radius 3 is 1.92 bits per heavy atom. The smallest absolute Gasteiger partial charge is 0.0195 e. The highest BCUT2D eigenvalue weighted by Gasteiger charge is 2.28. The van der Waals surface area contributed by atoms with E-state index in [1.165, 1.54) is 32.7 Å². The van der Waals surface area contributed by atoms with Gasteiger partial charge in [0.2, 0.25) is 0 Å². The van der Waals surface area contributed by atoms with Crippen LogP contribution in [0.4, 0.5) is 0 Å². The summed E-state index contributed by atoms with van der Waals surface area (Å²) in [5.41, 5.74) is 5.05. The monoisotopic (exact) mass is 185 g/mol. The van der Waals surface area contributed by atoms with Gasteiger partial charge in [0.15, 0.2) is 0 Å². The van der Waals surface area contributed by atoms with Crippen LogP contribution in [0.25, 0.3) is 0 Å². The number of nitrogens with two attached hydrogens (primary N) is 1. The molecule has 0 spiro atoms. The molecule has 0 heterocycles. The Balaban J connectivity index is 0.000000671. The predicted octanol–water partition coefficient (Wildman–Crippen LogP) is 3.43. The van der Waals surface area contributed by atoms with E-state index in [0.717, 1.165) is 11.8 Å². The van der Waals surface area contributed by atoms with Gasteiger partial charge in [0, 0.05) is 0 Å². The summed E-state index contributed by atoms with van der Waals surface area (Å²) in [6.45, 7) is 9.55. The first-order valence-corrected chi connectivity index (χ1v) is 5.58. The van der Waals surface area contributed by atoms with Crippen LogP contribution >= 0.6 is 0 Å².